The first-order valence-corrected chi connectivity index (χ1v) is 20.9. The molecule has 0 saturated heterocycles. The zero-order valence-corrected chi connectivity index (χ0v) is 34.9. The highest BCUT2D eigenvalue weighted by Gasteiger charge is 2.17. The SMILES string of the molecule is C=Cc1cc(-c2nnc(-c3ccc(CCCCCCCCOC(C)(C)C)cc3)o2)ccc1-c1nnc(-c2ccc(CCCCCCCCOC(C)(C)C)cc2)o1. The number of unbranched alkanes of at least 4 members (excludes halogenated alkanes) is 10. The molecule has 56 heavy (non-hydrogen) atoms. The maximum absolute atomic E-state index is 6.16. The minimum atomic E-state index is -0.0375. The molecule has 0 saturated carbocycles. The fourth-order valence-electron chi connectivity index (χ4n) is 6.63. The lowest BCUT2D eigenvalue weighted by atomic mass is 10.0. The maximum atomic E-state index is 6.16. The highest BCUT2D eigenvalue weighted by molar-refractivity contribution is 5.75. The number of aryl methyl sites for hydroxylation is 2. The van der Waals surface area contributed by atoms with Crippen LogP contribution in [0.5, 0.6) is 0 Å². The molecule has 0 fully saturated rings. The molecule has 0 radical (unpaired) electrons. The third-order valence-corrected chi connectivity index (χ3v) is 9.79. The van der Waals surface area contributed by atoms with Gasteiger partial charge in [-0.05, 0) is 139 Å². The van der Waals surface area contributed by atoms with Crippen molar-refractivity contribution in [1.29, 1.82) is 0 Å². The second-order valence-corrected chi connectivity index (χ2v) is 16.9. The summed E-state index contributed by atoms with van der Waals surface area (Å²) in [4.78, 5) is 0. The van der Waals surface area contributed by atoms with Gasteiger partial charge < -0.3 is 18.3 Å². The molecule has 8 heteroatoms. The standard InChI is InChI=1S/C48H64N4O4/c1-8-38-35-41(45-51-49-43(55-45)39-27-23-36(24-28-39)21-17-13-9-11-15-19-33-53-47(2,3)4)31-32-42(38)46-52-50-44(56-46)40-29-25-37(26-30-40)22-18-14-10-12-16-20-34-54-48(5,6)7/h8,23-32,35H,1,9-22,33-34H2,2-7H3. The number of aromatic nitrogens is 4. The first-order valence-electron chi connectivity index (χ1n) is 20.9. The zero-order valence-electron chi connectivity index (χ0n) is 34.9. The Labute approximate surface area is 335 Å². The average Bonchev–Trinajstić information content (AvgIpc) is 3.87. The Morgan fingerprint density at radius 1 is 0.482 bits per heavy atom. The van der Waals surface area contributed by atoms with Crippen molar-refractivity contribution >= 4 is 6.08 Å². The summed E-state index contributed by atoms with van der Waals surface area (Å²) in [5.74, 6) is 1.86. The normalized spacial score (nSPS) is 12.0. The molecule has 0 unspecified atom stereocenters. The van der Waals surface area contributed by atoms with E-state index in [4.69, 9.17) is 18.3 Å². The van der Waals surface area contributed by atoms with Gasteiger partial charge in [-0.2, -0.15) is 0 Å². The van der Waals surface area contributed by atoms with Crippen molar-refractivity contribution in [3.63, 3.8) is 0 Å². The Hall–Kier alpha value is -4.40. The van der Waals surface area contributed by atoms with Crippen LogP contribution in [0.3, 0.4) is 0 Å². The maximum Gasteiger partial charge on any atom is 0.248 e. The van der Waals surface area contributed by atoms with Crippen LogP contribution in [0.4, 0.5) is 0 Å². The third kappa shape index (κ3) is 14.3. The summed E-state index contributed by atoms with van der Waals surface area (Å²) in [6.07, 6.45) is 18.6. The molecule has 0 N–H and O–H groups in total. The molecule has 0 amide bonds. The highest BCUT2D eigenvalue weighted by Crippen LogP contribution is 2.32. The van der Waals surface area contributed by atoms with Gasteiger partial charge in [0.1, 0.15) is 0 Å². The number of nitrogens with zero attached hydrogens (tertiary/aromatic N) is 4. The van der Waals surface area contributed by atoms with Crippen LogP contribution < -0.4 is 0 Å². The Morgan fingerprint density at radius 3 is 1.30 bits per heavy atom. The molecule has 0 spiro atoms. The number of ether oxygens (including phenoxy) is 2. The second kappa shape index (κ2) is 21.2. The molecule has 3 aromatic carbocycles. The topological polar surface area (TPSA) is 96.3 Å². The van der Waals surface area contributed by atoms with E-state index in [1.54, 1.807) is 6.08 Å². The van der Waals surface area contributed by atoms with Crippen molar-refractivity contribution in [2.75, 3.05) is 13.2 Å². The minimum absolute atomic E-state index is 0.0371. The van der Waals surface area contributed by atoms with E-state index in [-0.39, 0.29) is 11.2 Å². The summed E-state index contributed by atoms with van der Waals surface area (Å²) in [6.45, 7) is 18.4. The smallest absolute Gasteiger partial charge is 0.248 e. The van der Waals surface area contributed by atoms with Crippen molar-refractivity contribution in [2.24, 2.45) is 0 Å². The molecule has 0 bridgehead atoms. The van der Waals surface area contributed by atoms with Gasteiger partial charge in [0.2, 0.25) is 23.6 Å². The van der Waals surface area contributed by atoms with Crippen LogP contribution in [-0.2, 0) is 22.3 Å². The van der Waals surface area contributed by atoms with E-state index in [0.717, 1.165) is 66.7 Å². The third-order valence-electron chi connectivity index (χ3n) is 9.79. The van der Waals surface area contributed by atoms with Gasteiger partial charge in [0.25, 0.3) is 0 Å². The lowest BCUT2D eigenvalue weighted by Gasteiger charge is -2.19. The van der Waals surface area contributed by atoms with Crippen LogP contribution in [0.2, 0.25) is 0 Å². The first kappa shape index (κ1) is 42.7. The van der Waals surface area contributed by atoms with Crippen LogP contribution >= 0.6 is 0 Å². The van der Waals surface area contributed by atoms with Gasteiger partial charge in [-0.1, -0.05) is 88.3 Å². The van der Waals surface area contributed by atoms with E-state index in [0.29, 0.717) is 23.6 Å². The van der Waals surface area contributed by atoms with E-state index >= 15 is 0 Å². The van der Waals surface area contributed by atoms with Gasteiger partial charge in [-0.25, -0.2) is 0 Å². The molecule has 0 aliphatic rings. The number of benzene rings is 3. The van der Waals surface area contributed by atoms with Gasteiger partial charge in [0.05, 0.1) is 11.2 Å². The summed E-state index contributed by atoms with van der Waals surface area (Å²) in [5, 5.41) is 17.4. The van der Waals surface area contributed by atoms with Gasteiger partial charge in [-0.3, -0.25) is 0 Å². The molecule has 5 rings (SSSR count). The van der Waals surface area contributed by atoms with Crippen LogP contribution in [0.1, 0.15) is 135 Å². The van der Waals surface area contributed by atoms with Gasteiger partial charge in [0.15, 0.2) is 0 Å². The molecule has 0 atom stereocenters. The van der Waals surface area contributed by atoms with Gasteiger partial charge in [-0.15, -0.1) is 20.4 Å². The van der Waals surface area contributed by atoms with Crippen molar-refractivity contribution in [2.45, 2.75) is 143 Å². The van der Waals surface area contributed by atoms with Crippen molar-refractivity contribution in [1.82, 2.24) is 20.4 Å². The van der Waals surface area contributed by atoms with Crippen molar-refractivity contribution in [3.8, 4) is 45.8 Å². The number of rotatable bonds is 23. The molecular weight excluding hydrogens is 697 g/mol. The molecule has 0 aliphatic carbocycles. The predicted molar refractivity (Wildman–Crippen MR) is 228 cm³/mol. The Morgan fingerprint density at radius 2 is 0.857 bits per heavy atom. The van der Waals surface area contributed by atoms with Crippen LogP contribution in [-0.4, -0.2) is 44.8 Å². The average molecular weight is 761 g/mol. The molecule has 2 heterocycles. The Balaban J connectivity index is 1.06. The molecule has 5 aromatic rings. The predicted octanol–water partition coefficient (Wildman–Crippen LogP) is 13.2. The molecule has 2 aromatic heterocycles. The largest absolute Gasteiger partial charge is 0.416 e. The summed E-state index contributed by atoms with van der Waals surface area (Å²) < 4.78 is 23.9. The number of hydrogen-bond donors (Lipinski definition) is 0. The Bertz CT molecular complexity index is 1900. The lowest BCUT2D eigenvalue weighted by Crippen LogP contribution is -2.19. The van der Waals surface area contributed by atoms with E-state index in [9.17, 15) is 0 Å². The fourth-order valence-corrected chi connectivity index (χ4v) is 6.63. The molecule has 8 nitrogen and oxygen atoms in total. The van der Waals surface area contributed by atoms with Crippen LogP contribution in [0.15, 0.2) is 82.1 Å². The molecule has 0 aliphatic heterocycles. The highest BCUT2D eigenvalue weighted by atomic mass is 16.5. The van der Waals surface area contributed by atoms with Crippen molar-refractivity contribution in [3.05, 3.63) is 90.0 Å². The second-order valence-electron chi connectivity index (χ2n) is 16.9. The molecule has 300 valence electrons. The summed E-state index contributed by atoms with van der Waals surface area (Å²) in [5.41, 5.74) is 6.80. The summed E-state index contributed by atoms with van der Waals surface area (Å²) in [6, 6.07) is 22.7. The van der Waals surface area contributed by atoms with Gasteiger partial charge >= 0.3 is 0 Å². The van der Waals surface area contributed by atoms with E-state index in [2.05, 4.69) is 117 Å². The fraction of sp³-hybridized carbons (Fsp3) is 0.500. The van der Waals surface area contributed by atoms with Crippen molar-refractivity contribution < 1.29 is 18.3 Å². The van der Waals surface area contributed by atoms with Crippen LogP contribution in [0.25, 0.3) is 51.9 Å². The summed E-state index contributed by atoms with van der Waals surface area (Å²) >= 11 is 0. The van der Waals surface area contributed by atoms with Gasteiger partial charge in [0, 0.05) is 35.5 Å². The van der Waals surface area contributed by atoms with E-state index < -0.39 is 0 Å². The minimum Gasteiger partial charge on any atom is -0.416 e. The first-order chi connectivity index (χ1) is 27.0. The summed E-state index contributed by atoms with van der Waals surface area (Å²) in [7, 11) is 0. The van der Waals surface area contributed by atoms with Crippen LogP contribution in [0, 0.1) is 0 Å². The zero-order chi connectivity index (χ0) is 39.8. The van der Waals surface area contributed by atoms with E-state index in [1.165, 1.54) is 75.3 Å². The number of hydrogen-bond acceptors (Lipinski definition) is 8. The monoisotopic (exact) mass is 760 g/mol. The molecular formula is C48H64N4O4. The van der Waals surface area contributed by atoms with E-state index in [1.807, 2.05) is 18.2 Å². The Kier molecular flexibility index (Phi) is 16.2. The lowest BCUT2D eigenvalue weighted by molar-refractivity contribution is -0.00511. The quantitative estimate of drug-likeness (QED) is 0.0607.